The summed E-state index contributed by atoms with van der Waals surface area (Å²) >= 11 is 0. The molecule has 0 saturated heterocycles. The summed E-state index contributed by atoms with van der Waals surface area (Å²) in [5.41, 5.74) is 2.16. The predicted octanol–water partition coefficient (Wildman–Crippen LogP) is 2.01. The van der Waals surface area contributed by atoms with E-state index in [-0.39, 0.29) is 0 Å². The lowest BCUT2D eigenvalue weighted by Gasteiger charge is -2.08. The minimum absolute atomic E-state index is 0.370. The van der Waals surface area contributed by atoms with Gasteiger partial charge >= 0.3 is 0 Å². The maximum Gasteiger partial charge on any atom is 0.175 e. The van der Waals surface area contributed by atoms with Gasteiger partial charge in [0.15, 0.2) is 9.84 Å². The molecule has 2 unspecified atom stereocenters. The van der Waals surface area contributed by atoms with Crippen LogP contribution in [0.4, 0.5) is 5.69 Å². The zero-order valence-corrected chi connectivity index (χ0v) is 9.93. The molecule has 0 radical (unpaired) electrons. The molecule has 0 amide bonds. The highest BCUT2D eigenvalue weighted by Crippen LogP contribution is 2.36. The van der Waals surface area contributed by atoms with Gasteiger partial charge in [-0.2, -0.15) is 0 Å². The number of fused-ring (bicyclic) bond motifs is 1. The third-order valence-electron chi connectivity index (χ3n) is 3.08. The zero-order valence-electron chi connectivity index (χ0n) is 9.11. The van der Waals surface area contributed by atoms with E-state index in [0.717, 1.165) is 5.69 Å². The zero-order chi connectivity index (χ0) is 11.2. The first-order valence-corrected chi connectivity index (χ1v) is 6.89. The van der Waals surface area contributed by atoms with E-state index in [1.165, 1.54) is 11.8 Å². The average molecular weight is 225 g/mol. The molecular weight excluding hydrogens is 210 g/mol. The van der Waals surface area contributed by atoms with Crippen LogP contribution in [0.25, 0.3) is 0 Å². The first-order chi connectivity index (χ1) is 6.89. The predicted molar refractivity (Wildman–Crippen MR) is 61.1 cm³/mol. The fourth-order valence-electron chi connectivity index (χ4n) is 1.93. The Morgan fingerprint density at radius 2 is 1.93 bits per heavy atom. The Morgan fingerprint density at radius 1 is 1.27 bits per heavy atom. The van der Waals surface area contributed by atoms with Gasteiger partial charge in [-0.3, -0.25) is 0 Å². The lowest BCUT2D eigenvalue weighted by molar-refractivity contribution is 0.602. The Balaban J connectivity index is 2.51. The molecule has 4 heteroatoms. The van der Waals surface area contributed by atoms with Gasteiger partial charge in [0.05, 0.1) is 4.90 Å². The van der Waals surface area contributed by atoms with Crippen LogP contribution in [0.15, 0.2) is 23.1 Å². The van der Waals surface area contributed by atoms with Gasteiger partial charge in [0, 0.05) is 23.9 Å². The van der Waals surface area contributed by atoms with Gasteiger partial charge in [0.25, 0.3) is 0 Å². The van der Waals surface area contributed by atoms with Crippen LogP contribution in [0.5, 0.6) is 0 Å². The van der Waals surface area contributed by atoms with Crippen molar-refractivity contribution in [2.24, 2.45) is 0 Å². The van der Waals surface area contributed by atoms with Gasteiger partial charge in [0.2, 0.25) is 0 Å². The Morgan fingerprint density at radius 3 is 2.53 bits per heavy atom. The van der Waals surface area contributed by atoms with Crippen molar-refractivity contribution in [1.82, 2.24) is 0 Å². The van der Waals surface area contributed by atoms with Gasteiger partial charge < -0.3 is 5.32 Å². The van der Waals surface area contributed by atoms with Gasteiger partial charge in [-0.25, -0.2) is 8.42 Å². The molecule has 1 aromatic rings. The quantitative estimate of drug-likeness (QED) is 0.795. The molecule has 0 aromatic heterocycles. The first-order valence-electron chi connectivity index (χ1n) is 5.00. The van der Waals surface area contributed by atoms with Crippen molar-refractivity contribution in [2.75, 3.05) is 11.6 Å². The first kappa shape index (κ1) is 10.5. The third kappa shape index (κ3) is 1.74. The highest BCUT2D eigenvalue weighted by atomic mass is 32.2. The summed E-state index contributed by atoms with van der Waals surface area (Å²) in [4.78, 5) is 0.384. The number of anilines is 1. The van der Waals surface area contributed by atoms with E-state index in [4.69, 9.17) is 0 Å². The second-order valence-electron chi connectivity index (χ2n) is 4.24. The standard InChI is InChI=1S/C11H15NO2S/c1-7-8(2)12-11-6-9(15(3,13)14)4-5-10(7)11/h4-8,12H,1-3H3. The monoisotopic (exact) mass is 225 g/mol. The van der Waals surface area contributed by atoms with Gasteiger partial charge in [-0.15, -0.1) is 0 Å². The van der Waals surface area contributed by atoms with Crippen LogP contribution in [0.2, 0.25) is 0 Å². The molecule has 1 heterocycles. The second kappa shape index (κ2) is 3.23. The van der Waals surface area contributed by atoms with Crippen LogP contribution in [0, 0.1) is 0 Å². The van der Waals surface area contributed by atoms with Gasteiger partial charge in [0.1, 0.15) is 0 Å². The SMILES string of the molecule is CC1Nc2cc(S(C)(=O)=O)ccc2C1C. The fraction of sp³-hybridized carbons (Fsp3) is 0.455. The van der Waals surface area contributed by atoms with Crippen molar-refractivity contribution in [2.45, 2.75) is 30.7 Å². The molecule has 0 fully saturated rings. The van der Waals surface area contributed by atoms with Crippen molar-refractivity contribution >= 4 is 15.5 Å². The highest BCUT2D eigenvalue weighted by molar-refractivity contribution is 7.90. The van der Waals surface area contributed by atoms with Crippen LogP contribution in [-0.2, 0) is 9.84 Å². The number of rotatable bonds is 1. The minimum Gasteiger partial charge on any atom is -0.382 e. The van der Waals surface area contributed by atoms with E-state index >= 15 is 0 Å². The van der Waals surface area contributed by atoms with Crippen LogP contribution >= 0.6 is 0 Å². The summed E-state index contributed by atoms with van der Waals surface area (Å²) in [7, 11) is -3.10. The normalized spacial score (nSPS) is 24.7. The Kier molecular flexibility index (Phi) is 2.26. The number of hydrogen-bond donors (Lipinski definition) is 1. The van der Waals surface area contributed by atoms with Crippen LogP contribution in [0.3, 0.4) is 0 Å². The summed E-state index contributed by atoms with van der Waals surface area (Å²) in [6.07, 6.45) is 1.23. The summed E-state index contributed by atoms with van der Waals surface area (Å²) in [6.45, 7) is 4.24. The Bertz CT molecular complexity index is 493. The van der Waals surface area contributed by atoms with E-state index in [1.807, 2.05) is 6.07 Å². The molecule has 1 aromatic carbocycles. The van der Waals surface area contributed by atoms with Crippen molar-refractivity contribution in [3.8, 4) is 0 Å². The Hall–Kier alpha value is -1.03. The molecule has 1 aliphatic heterocycles. The largest absolute Gasteiger partial charge is 0.382 e. The maximum atomic E-state index is 11.4. The number of nitrogens with one attached hydrogen (secondary N) is 1. The lowest BCUT2D eigenvalue weighted by Crippen LogP contribution is -2.12. The molecule has 0 spiro atoms. The molecular formula is C11H15NO2S. The van der Waals surface area contributed by atoms with Crippen molar-refractivity contribution in [1.29, 1.82) is 0 Å². The third-order valence-corrected chi connectivity index (χ3v) is 4.19. The Labute approximate surface area is 90.4 Å². The molecule has 2 atom stereocenters. The lowest BCUT2D eigenvalue weighted by atomic mass is 9.99. The molecule has 0 saturated carbocycles. The molecule has 1 N–H and O–H groups in total. The number of hydrogen-bond acceptors (Lipinski definition) is 3. The van der Waals surface area contributed by atoms with Gasteiger partial charge in [-0.1, -0.05) is 13.0 Å². The van der Waals surface area contributed by atoms with Crippen LogP contribution < -0.4 is 5.32 Å². The van der Waals surface area contributed by atoms with Crippen molar-refractivity contribution in [3.05, 3.63) is 23.8 Å². The van der Waals surface area contributed by atoms with E-state index < -0.39 is 9.84 Å². The van der Waals surface area contributed by atoms with E-state index in [2.05, 4.69) is 19.2 Å². The molecule has 1 aliphatic rings. The number of benzene rings is 1. The van der Waals surface area contributed by atoms with E-state index in [1.54, 1.807) is 12.1 Å². The van der Waals surface area contributed by atoms with Crippen molar-refractivity contribution in [3.63, 3.8) is 0 Å². The second-order valence-corrected chi connectivity index (χ2v) is 6.26. The van der Waals surface area contributed by atoms with E-state index in [9.17, 15) is 8.42 Å². The summed E-state index contributed by atoms with van der Waals surface area (Å²) in [5, 5.41) is 3.30. The smallest absolute Gasteiger partial charge is 0.175 e. The van der Waals surface area contributed by atoms with Crippen molar-refractivity contribution < 1.29 is 8.42 Å². The van der Waals surface area contributed by atoms with Crippen LogP contribution in [-0.4, -0.2) is 20.7 Å². The molecule has 2 rings (SSSR count). The average Bonchev–Trinajstić information content (AvgIpc) is 2.41. The number of sulfone groups is 1. The molecule has 15 heavy (non-hydrogen) atoms. The highest BCUT2D eigenvalue weighted by Gasteiger charge is 2.25. The summed E-state index contributed by atoms with van der Waals surface area (Å²) < 4.78 is 22.7. The topological polar surface area (TPSA) is 46.2 Å². The molecule has 3 nitrogen and oxygen atoms in total. The summed E-state index contributed by atoms with van der Waals surface area (Å²) in [5.74, 6) is 0.439. The molecule has 82 valence electrons. The maximum absolute atomic E-state index is 11.4. The van der Waals surface area contributed by atoms with Gasteiger partial charge in [-0.05, 0) is 24.6 Å². The fourth-order valence-corrected chi connectivity index (χ4v) is 2.57. The summed E-state index contributed by atoms with van der Waals surface area (Å²) in [6, 6.07) is 5.69. The van der Waals surface area contributed by atoms with E-state index in [0.29, 0.717) is 16.9 Å². The molecule has 0 bridgehead atoms. The minimum atomic E-state index is -3.10. The van der Waals surface area contributed by atoms with Crippen LogP contribution in [0.1, 0.15) is 25.3 Å². The molecule has 0 aliphatic carbocycles.